The van der Waals surface area contributed by atoms with Crippen molar-refractivity contribution < 1.29 is 9.47 Å². The fourth-order valence-electron chi connectivity index (χ4n) is 2.04. The van der Waals surface area contributed by atoms with E-state index in [-0.39, 0.29) is 6.04 Å². The van der Waals surface area contributed by atoms with E-state index in [4.69, 9.17) is 15.2 Å². The molecule has 2 N–H and O–H groups in total. The lowest BCUT2D eigenvalue weighted by Gasteiger charge is -2.16. The third-order valence-electron chi connectivity index (χ3n) is 2.92. The Balaban J connectivity index is 2.85. The largest absolute Gasteiger partial charge is 0.490 e. The first-order valence-electron chi connectivity index (χ1n) is 7.42. The summed E-state index contributed by atoms with van der Waals surface area (Å²) in [4.78, 5) is 0. The minimum atomic E-state index is 0.132. The van der Waals surface area contributed by atoms with Crippen LogP contribution >= 0.6 is 15.9 Å². The lowest BCUT2D eigenvalue weighted by molar-refractivity contribution is 0.269. The number of benzene rings is 1. The minimum Gasteiger partial charge on any atom is -0.490 e. The quantitative estimate of drug-likeness (QED) is 0.679. The van der Waals surface area contributed by atoms with E-state index in [1.54, 1.807) is 0 Å². The molecule has 1 unspecified atom stereocenters. The minimum absolute atomic E-state index is 0.132. The molecule has 0 bridgehead atoms. The maximum Gasteiger partial charge on any atom is 0.175 e. The predicted octanol–water partition coefficient (Wildman–Crippen LogP) is 4.31. The highest BCUT2D eigenvalue weighted by molar-refractivity contribution is 9.10. The molecule has 0 radical (unpaired) electrons. The molecule has 114 valence electrons. The monoisotopic (exact) mass is 343 g/mol. The number of ether oxygens (including phenoxy) is 2. The summed E-state index contributed by atoms with van der Waals surface area (Å²) >= 11 is 3.58. The van der Waals surface area contributed by atoms with E-state index < -0.39 is 0 Å². The molecule has 0 saturated carbocycles. The Labute approximate surface area is 131 Å². The zero-order valence-corrected chi connectivity index (χ0v) is 14.3. The SMILES string of the molecule is CCCCCOc1c(Br)cc(CC(C)N)cc1OCC. The second-order valence-corrected chi connectivity index (χ2v) is 5.93. The van der Waals surface area contributed by atoms with Gasteiger partial charge in [-0.15, -0.1) is 0 Å². The van der Waals surface area contributed by atoms with E-state index in [9.17, 15) is 0 Å². The Morgan fingerprint density at radius 2 is 1.95 bits per heavy atom. The summed E-state index contributed by atoms with van der Waals surface area (Å²) in [5, 5.41) is 0. The summed E-state index contributed by atoms with van der Waals surface area (Å²) in [6.45, 7) is 7.51. The van der Waals surface area contributed by atoms with Crippen LogP contribution in [0.1, 0.15) is 45.6 Å². The van der Waals surface area contributed by atoms with Gasteiger partial charge in [0.05, 0.1) is 17.7 Å². The Kier molecular flexibility index (Phi) is 8.00. The maximum atomic E-state index is 5.88. The van der Waals surface area contributed by atoms with E-state index >= 15 is 0 Å². The van der Waals surface area contributed by atoms with Gasteiger partial charge in [-0.05, 0) is 60.3 Å². The molecule has 0 aliphatic rings. The molecule has 0 aliphatic carbocycles. The van der Waals surface area contributed by atoms with Crippen LogP contribution < -0.4 is 15.2 Å². The highest BCUT2D eigenvalue weighted by atomic mass is 79.9. The highest BCUT2D eigenvalue weighted by Gasteiger charge is 2.13. The number of halogens is 1. The van der Waals surface area contributed by atoms with Crippen LogP contribution in [0.4, 0.5) is 0 Å². The van der Waals surface area contributed by atoms with Gasteiger partial charge in [0.15, 0.2) is 11.5 Å². The second kappa shape index (κ2) is 9.24. The molecule has 4 heteroatoms. The van der Waals surface area contributed by atoms with Gasteiger partial charge in [0.1, 0.15) is 0 Å². The molecule has 0 spiro atoms. The first-order chi connectivity index (χ1) is 9.58. The fraction of sp³-hybridized carbons (Fsp3) is 0.625. The topological polar surface area (TPSA) is 44.5 Å². The molecular weight excluding hydrogens is 318 g/mol. The summed E-state index contributed by atoms with van der Waals surface area (Å²) in [5.74, 6) is 1.60. The van der Waals surface area contributed by atoms with Gasteiger partial charge in [0.25, 0.3) is 0 Å². The highest BCUT2D eigenvalue weighted by Crippen LogP contribution is 2.37. The van der Waals surface area contributed by atoms with Crippen molar-refractivity contribution in [2.45, 2.75) is 52.5 Å². The standard InChI is InChI=1S/C16H26BrNO2/c1-4-6-7-8-20-16-14(17)10-13(9-12(3)18)11-15(16)19-5-2/h10-12H,4-9,18H2,1-3H3. The van der Waals surface area contributed by atoms with Crippen molar-refractivity contribution in [2.75, 3.05) is 13.2 Å². The molecule has 0 aliphatic heterocycles. The van der Waals surface area contributed by atoms with Crippen LogP contribution in [0.25, 0.3) is 0 Å². The molecule has 1 atom stereocenters. The zero-order valence-electron chi connectivity index (χ0n) is 12.7. The van der Waals surface area contributed by atoms with E-state index in [0.717, 1.165) is 41.0 Å². The van der Waals surface area contributed by atoms with Crippen LogP contribution in [0, 0.1) is 0 Å². The van der Waals surface area contributed by atoms with Crippen molar-refractivity contribution in [3.05, 3.63) is 22.2 Å². The van der Waals surface area contributed by atoms with E-state index in [0.29, 0.717) is 6.61 Å². The molecule has 1 aromatic carbocycles. The summed E-state index contributed by atoms with van der Waals surface area (Å²) in [7, 11) is 0. The van der Waals surface area contributed by atoms with Crippen molar-refractivity contribution in [3.8, 4) is 11.5 Å². The van der Waals surface area contributed by atoms with Crippen molar-refractivity contribution in [3.63, 3.8) is 0 Å². The van der Waals surface area contributed by atoms with Crippen LogP contribution in [-0.4, -0.2) is 19.3 Å². The van der Waals surface area contributed by atoms with Gasteiger partial charge >= 0.3 is 0 Å². The normalized spacial score (nSPS) is 12.2. The van der Waals surface area contributed by atoms with Gasteiger partial charge in [-0.25, -0.2) is 0 Å². The second-order valence-electron chi connectivity index (χ2n) is 5.07. The third kappa shape index (κ3) is 5.71. The van der Waals surface area contributed by atoms with Crippen molar-refractivity contribution in [1.82, 2.24) is 0 Å². The van der Waals surface area contributed by atoms with Gasteiger partial charge in [-0.3, -0.25) is 0 Å². The van der Waals surface area contributed by atoms with Crippen LogP contribution in [0.5, 0.6) is 11.5 Å². The van der Waals surface area contributed by atoms with Gasteiger partial charge in [0.2, 0.25) is 0 Å². The van der Waals surface area contributed by atoms with Crippen LogP contribution in [-0.2, 0) is 6.42 Å². The average Bonchev–Trinajstić information content (AvgIpc) is 2.36. The summed E-state index contributed by atoms with van der Waals surface area (Å²) in [6, 6.07) is 4.24. The molecule has 0 fully saturated rings. The number of nitrogens with two attached hydrogens (primary N) is 1. The van der Waals surface area contributed by atoms with Crippen molar-refractivity contribution in [1.29, 1.82) is 0 Å². The predicted molar refractivity (Wildman–Crippen MR) is 87.7 cm³/mol. The van der Waals surface area contributed by atoms with E-state index in [1.165, 1.54) is 12.8 Å². The Hall–Kier alpha value is -0.740. The first-order valence-corrected chi connectivity index (χ1v) is 8.21. The fourth-order valence-corrected chi connectivity index (χ4v) is 2.64. The van der Waals surface area contributed by atoms with Crippen LogP contribution in [0.15, 0.2) is 16.6 Å². The van der Waals surface area contributed by atoms with Crippen LogP contribution in [0.2, 0.25) is 0 Å². The zero-order chi connectivity index (χ0) is 15.0. The van der Waals surface area contributed by atoms with E-state index in [2.05, 4.69) is 28.9 Å². The maximum absolute atomic E-state index is 5.88. The van der Waals surface area contributed by atoms with Crippen LogP contribution in [0.3, 0.4) is 0 Å². The number of hydrogen-bond acceptors (Lipinski definition) is 3. The van der Waals surface area contributed by atoms with E-state index in [1.807, 2.05) is 19.9 Å². The first kappa shape index (κ1) is 17.3. The lowest BCUT2D eigenvalue weighted by atomic mass is 10.1. The molecule has 20 heavy (non-hydrogen) atoms. The number of hydrogen-bond donors (Lipinski definition) is 1. The third-order valence-corrected chi connectivity index (χ3v) is 3.51. The molecule has 1 rings (SSSR count). The summed E-state index contributed by atoms with van der Waals surface area (Å²) in [6.07, 6.45) is 4.27. The van der Waals surface area contributed by atoms with Gasteiger partial charge < -0.3 is 15.2 Å². The lowest BCUT2D eigenvalue weighted by Crippen LogP contribution is -2.17. The van der Waals surface area contributed by atoms with Gasteiger partial charge in [-0.2, -0.15) is 0 Å². The molecule has 0 amide bonds. The number of unbranched alkanes of at least 4 members (excludes halogenated alkanes) is 2. The Bertz CT molecular complexity index is 408. The van der Waals surface area contributed by atoms with Crippen molar-refractivity contribution in [2.24, 2.45) is 5.73 Å². The molecule has 3 nitrogen and oxygen atoms in total. The number of rotatable bonds is 9. The molecule has 0 heterocycles. The average molecular weight is 344 g/mol. The summed E-state index contributed by atoms with van der Waals surface area (Å²) in [5.41, 5.74) is 7.03. The van der Waals surface area contributed by atoms with Gasteiger partial charge in [0, 0.05) is 6.04 Å². The van der Waals surface area contributed by atoms with Crippen molar-refractivity contribution >= 4 is 15.9 Å². The summed E-state index contributed by atoms with van der Waals surface area (Å²) < 4.78 is 12.5. The molecule has 0 saturated heterocycles. The Morgan fingerprint density at radius 3 is 2.55 bits per heavy atom. The van der Waals surface area contributed by atoms with Gasteiger partial charge in [-0.1, -0.05) is 19.8 Å². The Morgan fingerprint density at radius 1 is 1.20 bits per heavy atom. The smallest absolute Gasteiger partial charge is 0.175 e. The molecule has 1 aromatic rings. The molecular formula is C16H26BrNO2. The molecule has 0 aromatic heterocycles.